The summed E-state index contributed by atoms with van der Waals surface area (Å²) in [5.41, 5.74) is -1.72. The fraction of sp³-hybridized carbons (Fsp3) is 0.467. The molecule has 0 aliphatic heterocycles. The van der Waals surface area contributed by atoms with Gasteiger partial charge in [0.2, 0.25) is 5.60 Å². The van der Waals surface area contributed by atoms with Crippen molar-refractivity contribution in [1.82, 2.24) is 15.0 Å². The van der Waals surface area contributed by atoms with Crippen molar-refractivity contribution in [3.8, 4) is 11.3 Å². The van der Waals surface area contributed by atoms with E-state index >= 15 is 0 Å². The molecule has 0 unspecified atom stereocenters. The van der Waals surface area contributed by atoms with Crippen molar-refractivity contribution in [3.63, 3.8) is 0 Å². The molecule has 12 heteroatoms. The maximum absolute atomic E-state index is 13.5. The number of hydrogen-bond donors (Lipinski definition) is 1. The molecule has 3 aromatic heterocycles. The van der Waals surface area contributed by atoms with E-state index in [1.165, 1.54) is 30.6 Å². The smallest absolute Gasteiger partial charge is 0.427 e. The van der Waals surface area contributed by atoms with Crippen molar-refractivity contribution in [1.29, 1.82) is 0 Å². The number of aryl methyl sites for hydroxylation is 1. The van der Waals surface area contributed by atoms with Crippen LogP contribution in [0.3, 0.4) is 0 Å². The number of unbranched alkanes of at least 4 members (excludes halogenated alkanes) is 2. The lowest BCUT2D eigenvalue weighted by molar-refractivity contribution is -0.243. The van der Waals surface area contributed by atoms with Gasteiger partial charge in [0, 0.05) is 54.4 Å². The summed E-state index contributed by atoms with van der Waals surface area (Å²) in [7, 11) is 0. The van der Waals surface area contributed by atoms with Crippen LogP contribution in [0, 0.1) is 0 Å². The van der Waals surface area contributed by atoms with Crippen molar-refractivity contribution in [2.45, 2.75) is 83.6 Å². The monoisotopic (exact) mass is 594 g/mol. The number of aromatic nitrogens is 3. The minimum Gasteiger partial charge on any atom is -0.433 e. The van der Waals surface area contributed by atoms with E-state index in [-0.39, 0.29) is 17.9 Å². The van der Waals surface area contributed by atoms with Crippen LogP contribution in [0.25, 0.3) is 11.3 Å². The van der Waals surface area contributed by atoms with Crippen molar-refractivity contribution in [2.75, 3.05) is 11.4 Å². The van der Waals surface area contributed by atoms with Crippen molar-refractivity contribution < 1.29 is 36.6 Å². The summed E-state index contributed by atoms with van der Waals surface area (Å²) < 4.78 is 72.1. The van der Waals surface area contributed by atoms with Gasteiger partial charge in [0.05, 0.1) is 11.3 Å². The van der Waals surface area contributed by atoms with Crippen molar-refractivity contribution in [2.24, 2.45) is 0 Å². The van der Waals surface area contributed by atoms with E-state index in [1.54, 1.807) is 32.0 Å². The molecular weight excluding hydrogens is 559 g/mol. The quantitative estimate of drug-likeness (QED) is 0.182. The standard InChI is InChI=1S/C30H35F5N4O3/c1-27(2,41)21-11-13-24(38-18-21)20-14-15-36-25(17-20)39(26(40)42-28(3,4)30(33,34)35)16-8-6-7-9-23-12-10-22(19-37-23)29(5,31)32/h10-15,17-19,41H,6-9,16H2,1-5H3. The Morgan fingerprint density at radius 2 is 1.52 bits per heavy atom. The number of anilines is 1. The fourth-order valence-electron chi connectivity index (χ4n) is 3.87. The number of aliphatic hydroxyl groups is 1. The topological polar surface area (TPSA) is 88.4 Å². The van der Waals surface area contributed by atoms with Gasteiger partial charge in [0.1, 0.15) is 5.82 Å². The predicted molar refractivity (Wildman–Crippen MR) is 148 cm³/mol. The van der Waals surface area contributed by atoms with Crippen LogP contribution in [-0.4, -0.2) is 44.5 Å². The summed E-state index contributed by atoms with van der Waals surface area (Å²) in [5, 5.41) is 10.2. The maximum atomic E-state index is 13.5. The second-order valence-electron chi connectivity index (χ2n) is 11.2. The Kier molecular flexibility index (Phi) is 9.92. The van der Waals surface area contributed by atoms with E-state index in [1.807, 2.05) is 0 Å². The maximum Gasteiger partial charge on any atom is 0.427 e. The SMILES string of the molecule is CC(C)(O)c1ccc(-c2ccnc(N(CCCCCc3ccc(C(C)(F)F)cn3)C(=O)OC(C)(C)C(F)(F)F)c2)nc1. The molecule has 0 bridgehead atoms. The number of nitrogens with zero attached hydrogens (tertiary/aromatic N) is 4. The second-order valence-corrected chi connectivity index (χ2v) is 11.2. The Balaban J connectivity index is 1.75. The average Bonchev–Trinajstić information content (AvgIpc) is 2.89. The molecule has 0 saturated heterocycles. The number of ether oxygens (including phenoxy) is 1. The number of pyridine rings is 3. The third kappa shape index (κ3) is 8.67. The zero-order valence-electron chi connectivity index (χ0n) is 24.2. The van der Waals surface area contributed by atoms with Gasteiger partial charge in [0.15, 0.2) is 0 Å². The lowest BCUT2D eigenvalue weighted by Crippen LogP contribution is -2.47. The summed E-state index contributed by atoms with van der Waals surface area (Å²) in [6.45, 7) is 5.61. The normalized spacial score (nSPS) is 12.7. The number of alkyl halides is 5. The zero-order valence-corrected chi connectivity index (χ0v) is 24.2. The van der Waals surface area contributed by atoms with Crippen LogP contribution in [0.15, 0.2) is 55.0 Å². The minimum atomic E-state index is -4.79. The molecule has 3 heterocycles. The number of carbonyl (C=O) groups is 1. The van der Waals surface area contributed by atoms with Gasteiger partial charge in [-0.1, -0.05) is 12.5 Å². The molecule has 228 valence electrons. The van der Waals surface area contributed by atoms with Crippen LogP contribution in [0.2, 0.25) is 0 Å². The zero-order chi connectivity index (χ0) is 31.3. The van der Waals surface area contributed by atoms with Gasteiger partial charge in [0.25, 0.3) is 5.92 Å². The highest BCUT2D eigenvalue weighted by Crippen LogP contribution is 2.34. The molecule has 0 saturated carbocycles. The number of hydrogen-bond acceptors (Lipinski definition) is 6. The van der Waals surface area contributed by atoms with Gasteiger partial charge < -0.3 is 9.84 Å². The van der Waals surface area contributed by atoms with Crippen LogP contribution in [0.4, 0.5) is 32.6 Å². The largest absolute Gasteiger partial charge is 0.433 e. The van der Waals surface area contributed by atoms with E-state index in [2.05, 4.69) is 15.0 Å². The van der Waals surface area contributed by atoms with Gasteiger partial charge in [-0.2, -0.15) is 13.2 Å². The summed E-state index contributed by atoms with van der Waals surface area (Å²) in [4.78, 5) is 26.8. The first-order valence-corrected chi connectivity index (χ1v) is 13.4. The number of rotatable bonds is 11. The summed E-state index contributed by atoms with van der Waals surface area (Å²) in [6, 6.07) is 9.43. The average molecular weight is 595 g/mol. The first-order chi connectivity index (χ1) is 19.4. The molecule has 0 radical (unpaired) electrons. The molecule has 0 aliphatic rings. The molecular formula is C30H35F5N4O3. The highest BCUT2D eigenvalue weighted by atomic mass is 19.4. The molecule has 0 aromatic carbocycles. The van der Waals surface area contributed by atoms with E-state index in [4.69, 9.17) is 4.74 Å². The number of amides is 1. The molecule has 1 N–H and O–H groups in total. The number of carbonyl (C=O) groups excluding carboxylic acids is 1. The van der Waals surface area contributed by atoms with Crippen LogP contribution in [-0.2, 0) is 22.7 Å². The Labute approximate surface area is 241 Å². The van der Waals surface area contributed by atoms with Gasteiger partial charge in [-0.15, -0.1) is 0 Å². The van der Waals surface area contributed by atoms with E-state index < -0.39 is 29.4 Å². The van der Waals surface area contributed by atoms with Crippen molar-refractivity contribution in [3.05, 3.63) is 71.8 Å². The highest BCUT2D eigenvalue weighted by Gasteiger charge is 2.51. The summed E-state index contributed by atoms with van der Waals surface area (Å²) in [5.74, 6) is -2.90. The Hall–Kier alpha value is -3.67. The lowest BCUT2D eigenvalue weighted by atomic mass is 10.00. The van der Waals surface area contributed by atoms with Gasteiger partial charge >= 0.3 is 12.3 Å². The summed E-state index contributed by atoms with van der Waals surface area (Å²) >= 11 is 0. The Bertz CT molecular complexity index is 1330. The van der Waals surface area contributed by atoms with Gasteiger partial charge in [-0.3, -0.25) is 14.9 Å². The molecule has 7 nitrogen and oxygen atoms in total. The molecule has 3 aromatic rings. The van der Waals surface area contributed by atoms with E-state index in [0.29, 0.717) is 48.2 Å². The Morgan fingerprint density at radius 1 is 0.857 bits per heavy atom. The van der Waals surface area contributed by atoms with Crippen LogP contribution >= 0.6 is 0 Å². The lowest BCUT2D eigenvalue weighted by Gasteiger charge is -2.31. The molecule has 0 fully saturated rings. The van der Waals surface area contributed by atoms with Crippen molar-refractivity contribution >= 4 is 11.9 Å². The predicted octanol–water partition coefficient (Wildman–Crippen LogP) is 7.57. The number of halogens is 5. The Morgan fingerprint density at radius 3 is 2.07 bits per heavy atom. The third-order valence-corrected chi connectivity index (χ3v) is 6.68. The van der Waals surface area contributed by atoms with Crippen LogP contribution in [0.5, 0.6) is 0 Å². The molecule has 3 rings (SSSR count). The molecule has 0 atom stereocenters. The van der Waals surface area contributed by atoms with E-state index in [9.17, 15) is 31.9 Å². The first kappa shape index (κ1) is 32.8. The second kappa shape index (κ2) is 12.7. The molecule has 0 aliphatic carbocycles. The van der Waals surface area contributed by atoms with Gasteiger partial charge in [-0.05, 0) is 77.3 Å². The molecule has 0 spiro atoms. The first-order valence-electron chi connectivity index (χ1n) is 13.4. The van der Waals surface area contributed by atoms with Crippen LogP contribution < -0.4 is 4.90 Å². The summed E-state index contributed by atoms with van der Waals surface area (Å²) in [6.07, 6.45) is 0.157. The fourth-order valence-corrected chi connectivity index (χ4v) is 3.87. The molecule has 42 heavy (non-hydrogen) atoms. The highest BCUT2D eigenvalue weighted by molar-refractivity contribution is 5.87. The van der Waals surface area contributed by atoms with Gasteiger partial charge in [-0.25, -0.2) is 18.6 Å². The van der Waals surface area contributed by atoms with Crippen LogP contribution in [0.1, 0.15) is 70.7 Å². The minimum absolute atomic E-state index is 0.0166. The molecule has 1 amide bonds. The third-order valence-electron chi connectivity index (χ3n) is 6.68. The van der Waals surface area contributed by atoms with E-state index in [0.717, 1.165) is 31.9 Å².